The summed E-state index contributed by atoms with van der Waals surface area (Å²) < 4.78 is 5.29. The van der Waals surface area contributed by atoms with Crippen LogP contribution in [0.3, 0.4) is 0 Å². The highest BCUT2D eigenvalue weighted by atomic mass is 32.1. The van der Waals surface area contributed by atoms with Crippen LogP contribution in [-0.4, -0.2) is 22.0 Å². The minimum Gasteiger partial charge on any atom is -0.507 e. The highest BCUT2D eigenvalue weighted by Crippen LogP contribution is 2.32. The lowest BCUT2D eigenvalue weighted by molar-refractivity contribution is -0.115. The number of thiazole rings is 1. The smallest absolute Gasteiger partial charge is 0.342 e. The molecule has 1 aromatic heterocycles. The first-order valence-corrected chi connectivity index (χ1v) is 9.93. The van der Waals surface area contributed by atoms with E-state index in [0.29, 0.717) is 10.8 Å². The van der Waals surface area contributed by atoms with E-state index >= 15 is 0 Å². The van der Waals surface area contributed by atoms with Crippen molar-refractivity contribution in [3.05, 3.63) is 69.7 Å². The van der Waals surface area contributed by atoms with Gasteiger partial charge < -0.3 is 9.84 Å². The summed E-state index contributed by atoms with van der Waals surface area (Å²) in [6.07, 6.45) is 0. The third-order valence-corrected chi connectivity index (χ3v) is 5.24. The number of carbonyl (C=O) groups excluding carboxylic acids is 2. The van der Waals surface area contributed by atoms with Gasteiger partial charge in [-0.1, -0.05) is 29.3 Å². The Hall–Kier alpha value is -3.19. The molecule has 1 heterocycles. The zero-order valence-electron chi connectivity index (χ0n) is 16.7. The molecule has 0 unspecified atom stereocenters. The lowest BCUT2D eigenvalue weighted by atomic mass is 10.1. The van der Waals surface area contributed by atoms with Crippen molar-refractivity contribution in [2.75, 3.05) is 4.90 Å². The number of phenols is 1. The minimum atomic E-state index is -0.626. The van der Waals surface area contributed by atoms with Crippen LogP contribution in [0.2, 0.25) is 0 Å². The predicted octanol–water partition coefficient (Wildman–Crippen LogP) is 4.82. The van der Waals surface area contributed by atoms with Gasteiger partial charge in [0.1, 0.15) is 17.9 Å². The fourth-order valence-electron chi connectivity index (χ4n) is 2.96. The summed E-state index contributed by atoms with van der Waals surface area (Å²) in [6, 6.07) is 10.6. The number of ether oxygens (including phenoxy) is 1. The number of aryl methyl sites for hydroxylation is 3. The third-order valence-electron chi connectivity index (χ3n) is 4.36. The summed E-state index contributed by atoms with van der Waals surface area (Å²) in [7, 11) is 0. The number of nitrogens with zero attached hydrogens (tertiary/aromatic N) is 2. The maximum Gasteiger partial charge on any atom is 0.342 e. The van der Waals surface area contributed by atoms with E-state index in [0.717, 1.165) is 22.4 Å². The van der Waals surface area contributed by atoms with Gasteiger partial charge >= 0.3 is 5.97 Å². The Morgan fingerprint density at radius 2 is 1.79 bits per heavy atom. The average Bonchev–Trinajstić information content (AvgIpc) is 3.12. The van der Waals surface area contributed by atoms with Gasteiger partial charge in [-0.2, -0.15) is 0 Å². The first kappa shape index (κ1) is 20.5. The third kappa shape index (κ3) is 4.63. The van der Waals surface area contributed by atoms with Crippen molar-refractivity contribution in [2.24, 2.45) is 0 Å². The molecule has 6 nitrogen and oxygen atoms in total. The number of carbonyl (C=O) groups is 2. The monoisotopic (exact) mass is 410 g/mol. The van der Waals surface area contributed by atoms with E-state index < -0.39 is 5.97 Å². The molecule has 0 aliphatic rings. The van der Waals surface area contributed by atoms with Crippen LogP contribution in [0, 0.1) is 20.8 Å². The molecule has 3 rings (SSSR count). The van der Waals surface area contributed by atoms with E-state index in [1.165, 1.54) is 24.3 Å². The van der Waals surface area contributed by atoms with Crippen molar-refractivity contribution in [2.45, 2.75) is 34.3 Å². The maximum atomic E-state index is 12.3. The van der Waals surface area contributed by atoms with Crippen molar-refractivity contribution in [3.8, 4) is 5.75 Å². The Morgan fingerprint density at radius 3 is 2.48 bits per heavy atom. The SMILES string of the molecule is CC(=O)N(c1nc(COC(=O)c2cc(C)ccc2O)cs1)c1ccc(C)cc1C. The van der Waals surface area contributed by atoms with Crippen LogP contribution in [0.4, 0.5) is 10.8 Å². The molecule has 1 amide bonds. The number of esters is 1. The molecule has 0 aliphatic heterocycles. The number of rotatable bonds is 5. The molecule has 0 atom stereocenters. The Balaban J connectivity index is 1.77. The van der Waals surface area contributed by atoms with Crippen molar-refractivity contribution in [3.63, 3.8) is 0 Å². The summed E-state index contributed by atoms with van der Waals surface area (Å²) >= 11 is 1.30. The standard InChI is InChI=1S/C22H22N2O4S/c1-13-5-7-19(15(3)9-13)24(16(4)25)22-23-17(12-29-22)11-28-21(27)18-10-14(2)6-8-20(18)26/h5-10,12,26H,11H2,1-4H3. The van der Waals surface area contributed by atoms with Crippen LogP contribution in [0.15, 0.2) is 41.8 Å². The lowest BCUT2D eigenvalue weighted by Crippen LogP contribution is -2.23. The van der Waals surface area contributed by atoms with Crippen LogP contribution in [0.25, 0.3) is 0 Å². The predicted molar refractivity (Wildman–Crippen MR) is 113 cm³/mol. The minimum absolute atomic E-state index is 0.0542. The fourth-order valence-corrected chi connectivity index (χ4v) is 3.82. The van der Waals surface area contributed by atoms with Gasteiger partial charge in [-0.15, -0.1) is 11.3 Å². The lowest BCUT2D eigenvalue weighted by Gasteiger charge is -2.20. The van der Waals surface area contributed by atoms with Crippen molar-refractivity contribution < 1.29 is 19.4 Å². The number of anilines is 2. The van der Waals surface area contributed by atoms with E-state index in [1.807, 2.05) is 39.0 Å². The van der Waals surface area contributed by atoms with Crippen LogP contribution < -0.4 is 4.90 Å². The molecule has 0 fully saturated rings. The van der Waals surface area contributed by atoms with Gasteiger partial charge in [0.15, 0.2) is 5.13 Å². The number of amides is 1. The van der Waals surface area contributed by atoms with Crippen LogP contribution in [0.5, 0.6) is 5.75 Å². The normalized spacial score (nSPS) is 10.6. The topological polar surface area (TPSA) is 79.7 Å². The van der Waals surface area contributed by atoms with Crippen molar-refractivity contribution in [1.29, 1.82) is 0 Å². The molecule has 7 heteroatoms. The highest BCUT2D eigenvalue weighted by molar-refractivity contribution is 7.14. The van der Waals surface area contributed by atoms with Gasteiger partial charge in [-0.05, 0) is 44.5 Å². The number of phenolic OH excluding ortho intramolecular Hbond substituents is 1. The van der Waals surface area contributed by atoms with Gasteiger partial charge in [-0.25, -0.2) is 9.78 Å². The number of hydrogen-bond donors (Lipinski definition) is 1. The molecule has 3 aromatic rings. The van der Waals surface area contributed by atoms with Crippen molar-refractivity contribution in [1.82, 2.24) is 4.98 Å². The molecular formula is C22H22N2O4S. The van der Waals surface area contributed by atoms with Gasteiger partial charge in [0.25, 0.3) is 0 Å². The molecule has 0 spiro atoms. The molecule has 150 valence electrons. The first-order chi connectivity index (χ1) is 13.8. The van der Waals surface area contributed by atoms with E-state index in [9.17, 15) is 14.7 Å². The van der Waals surface area contributed by atoms with E-state index in [2.05, 4.69) is 4.98 Å². The molecule has 2 aromatic carbocycles. The highest BCUT2D eigenvalue weighted by Gasteiger charge is 2.20. The Labute approximate surface area is 173 Å². The van der Waals surface area contributed by atoms with E-state index in [-0.39, 0.29) is 23.8 Å². The zero-order chi connectivity index (χ0) is 21.1. The molecular weight excluding hydrogens is 388 g/mol. The quantitative estimate of drug-likeness (QED) is 0.610. The van der Waals surface area contributed by atoms with Crippen LogP contribution in [0.1, 0.15) is 39.7 Å². The Kier molecular flexibility index (Phi) is 5.98. The molecule has 0 aliphatic carbocycles. The molecule has 29 heavy (non-hydrogen) atoms. The first-order valence-electron chi connectivity index (χ1n) is 9.05. The zero-order valence-corrected chi connectivity index (χ0v) is 17.5. The summed E-state index contributed by atoms with van der Waals surface area (Å²) in [4.78, 5) is 30.6. The molecule has 0 saturated heterocycles. The summed E-state index contributed by atoms with van der Waals surface area (Å²) in [5.41, 5.74) is 4.34. The van der Waals surface area contributed by atoms with Gasteiger partial charge in [0.2, 0.25) is 5.91 Å². The van der Waals surface area contributed by atoms with E-state index in [1.54, 1.807) is 22.4 Å². The van der Waals surface area contributed by atoms with Gasteiger partial charge in [0, 0.05) is 12.3 Å². The number of hydrogen-bond acceptors (Lipinski definition) is 6. The number of aromatic nitrogens is 1. The molecule has 0 saturated carbocycles. The van der Waals surface area contributed by atoms with Crippen LogP contribution >= 0.6 is 11.3 Å². The summed E-state index contributed by atoms with van der Waals surface area (Å²) in [5, 5.41) is 12.1. The second-order valence-corrected chi connectivity index (χ2v) is 7.70. The maximum absolute atomic E-state index is 12.3. The summed E-state index contributed by atoms with van der Waals surface area (Å²) in [5.74, 6) is -0.907. The second kappa shape index (κ2) is 8.45. The average molecular weight is 410 g/mol. The largest absolute Gasteiger partial charge is 0.507 e. The Bertz CT molecular complexity index is 1070. The van der Waals surface area contributed by atoms with Crippen molar-refractivity contribution >= 4 is 34.0 Å². The fraction of sp³-hybridized carbons (Fsp3) is 0.227. The Morgan fingerprint density at radius 1 is 1.10 bits per heavy atom. The summed E-state index contributed by atoms with van der Waals surface area (Å²) in [6.45, 7) is 7.20. The molecule has 0 bridgehead atoms. The van der Waals surface area contributed by atoms with Gasteiger partial charge in [0.05, 0.1) is 11.4 Å². The van der Waals surface area contributed by atoms with Crippen LogP contribution in [-0.2, 0) is 16.1 Å². The molecule has 1 N–H and O–H groups in total. The van der Waals surface area contributed by atoms with Gasteiger partial charge in [-0.3, -0.25) is 9.69 Å². The number of aromatic hydroxyl groups is 1. The second-order valence-electron chi connectivity index (χ2n) is 6.86. The molecule has 0 radical (unpaired) electrons. The number of benzene rings is 2. The van der Waals surface area contributed by atoms with E-state index in [4.69, 9.17) is 4.74 Å².